The second-order valence-corrected chi connectivity index (χ2v) is 12.4. The van der Waals surface area contributed by atoms with E-state index in [0.717, 1.165) is 37.8 Å². The number of fused-ring (bicyclic) bond motifs is 2. The van der Waals surface area contributed by atoms with Crippen LogP contribution in [0.3, 0.4) is 0 Å². The topological polar surface area (TPSA) is 195 Å². The van der Waals surface area contributed by atoms with Gasteiger partial charge in [-0.1, -0.05) is 12.1 Å². The van der Waals surface area contributed by atoms with Gasteiger partial charge in [0, 0.05) is 34.8 Å². The maximum absolute atomic E-state index is 13.5. The van der Waals surface area contributed by atoms with Gasteiger partial charge in [0.2, 0.25) is 5.88 Å². The SMILES string of the molecule is O=Cc1cnn2c(NC3CC3)cc(Nc3cccc(F)c3)nc12.O=c1[nH]c(O)c(C=c2cnn3c(=NC4CC4)cc(Nc4cccc(F)c4)nc23)[nH]1. The van der Waals surface area contributed by atoms with Crippen LogP contribution in [0.2, 0.25) is 0 Å². The summed E-state index contributed by atoms with van der Waals surface area (Å²) in [4.78, 5) is 41.0. The van der Waals surface area contributed by atoms with E-state index in [0.29, 0.717) is 56.6 Å². The van der Waals surface area contributed by atoms with Crippen molar-refractivity contribution in [3.8, 4) is 5.88 Å². The summed E-state index contributed by atoms with van der Waals surface area (Å²) in [5.41, 5.74) is 2.81. The lowest BCUT2D eigenvalue weighted by Gasteiger charge is -2.11. The van der Waals surface area contributed by atoms with Crippen molar-refractivity contribution in [3.63, 3.8) is 0 Å². The molecule has 0 atom stereocenters. The summed E-state index contributed by atoms with van der Waals surface area (Å²) in [6.07, 6.45) is 9.61. The zero-order valence-corrected chi connectivity index (χ0v) is 27.2. The molecule has 2 saturated carbocycles. The van der Waals surface area contributed by atoms with Gasteiger partial charge in [-0.15, -0.1) is 0 Å². The highest BCUT2D eigenvalue weighted by atomic mass is 19.1. The van der Waals surface area contributed by atoms with Crippen molar-refractivity contribution in [2.24, 2.45) is 4.99 Å². The molecule has 262 valence electrons. The first-order valence-corrected chi connectivity index (χ1v) is 16.4. The van der Waals surface area contributed by atoms with Gasteiger partial charge in [0.1, 0.15) is 34.8 Å². The minimum atomic E-state index is -0.518. The largest absolute Gasteiger partial charge is 0.493 e. The van der Waals surface area contributed by atoms with E-state index in [9.17, 15) is 23.5 Å². The summed E-state index contributed by atoms with van der Waals surface area (Å²) in [5, 5.41) is 28.5. The Bertz CT molecular complexity index is 2640. The summed E-state index contributed by atoms with van der Waals surface area (Å²) in [7, 11) is 0. The lowest BCUT2D eigenvalue weighted by molar-refractivity contribution is 0.112. The van der Waals surface area contributed by atoms with E-state index in [4.69, 9.17) is 0 Å². The van der Waals surface area contributed by atoms with Crippen LogP contribution in [0, 0.1) is 11.6 Å². The Hall–Kier alpha value is -6.91. The van der Waals surface area contributed by atoms with Crippen LogP contribution in [0.5, 0.6) is 5.88 Å². The summed E-state index contributed by atoms with van der Waals surface area (Å²) < 4.78 is 30.1. The van der Waals surface area contributed by atoms with Crippen LogP contribution in [0.1, 0.15) is 41.7 Å². The Morgan fingerprint density at radius 3 is 2.13 bits per heavy atom. The van der Waals surface area contributed by atoms with Crippen LogP contribution >= 0.6 is 0 Å². The standard InChI is InChI=1S/C19H16FN7O2.C16H14FN5O/c20-11-2-1-3-13(7-11)22-15-8-16(23-12-4-5-12)27-17(25-15)10(9-21-27)6-14-18(28)26-19(29)24-14;17-11-2-1-3-13(6-11)19-14-7-15(20-12-4-5-12)22-16(21-14)10(9-23)8-18-22/h1-3,6-9,12,22,28H,4-5H2,(H2,24,26,29);1-3,6-9,12,20H,4-5H2,(H,19,21). The summed E-state index contributed by atoms with van der Waals surface area (Å²) in [6, 6.07) is 16.4. The molecule has 0 spiro atoms. The minimum Gasteiger partial charge on any atom is -0.493 e. The molecule has 0 unspecified atom stereocenters. The number of nitrogens with zero attached hydrogens (tertiary/aromatic N) is 7. The minimum absolute atomic E-state index is 0.218. The molecular weight excluding hydrogens is 674 g/mol. The van der Waals surface area contributed by atoms with E-state index in [2.05, 4.69) is 51.1 Å². The normalized spacial score (nSPS) is 14.7. The van der Waals surface area contributed by atoms with E-state index >= 15 is 0 Å². The molecule has 5 aromatic heterocycles. The van der Waals surface area contributed by atoms with E-state index in [1.54, 1.807) is 57.7 Å². The van der Waals surface area contributed by atoms with Crippen LogP contribution in [0.15, 0.2) is 82.8 Å². The number of aromatic hydroxyl groups is 1. The molecule has 7 aromatic rings. The number of aromatic nitrogens is 8. The van der Waals surface area contributed by atoms with Crippen molar-refractivity contribution in [2.45, 2.75) is 37.8 Å². The highest BCUT2D eigenvalue weighted by Gasteiger charge is 2.23. The molecule has 0 amide bonds. The Morgan fingerprint density at radius 2 is 1.52 bits per heavy atom. The number of aldehydes is 1. The molecule has 15 nitrogen and oxygen atoms in total. The zero-order chi connectivity index (χ0) is 35.8. The maximum Gasteiger partial charge on any atom is 0.326 e. The average molecular weight is 705 g/mol. The van der Waals surface area contributed by atoms with Gasteiger partial charge in [0.15, 0.2) is 23.1 Å². The number of nitrogens with one attached hydrogen (secondary N) is 5. The van der Waals surface area contributed by atoms with Gasteiger partial charge in [-0.05, 0) is 68.2 Å². The first-order chi connectivity index (χ1) is 25.3. The van der Waals surface area contributed by atoms with Gasteiger partial charge in [-0.2, -0.15) is 19.2 Å². The molecule has 0 aliphatic heterocycles. The predicted octanol–water partition coefficient (Wildman–Crippen LogP) is 3.94. The number of imidazole rings is 1. The number of aromatic amines is 2. The van der Waals surface area contributed by atoms with Crippen LogP contribution in [0.25, 0.3) is 17.4 Å². The molecule has 9 rings (SSSR count). The molecule has 0 radical (unpaired) electrons. The Morgan fingerprint density at radius 1 is 0.846 bits per heavy atom. The molecule has 0 bridgehead atoms. The monoisotopic (exact) mass is 704 g/mol. The van der Waals surface area contributed by atoms with Gasteiger partial charge in [0.25, 0.3) is 0 Å². The third-order valence-corrected chi connectivity index (χ3v) is 8.13. The van der Waals surface area contributed by atoms with E-state index < -0.39 is 5.69 Å². The molecule has 17 heteroatoms. The van der Waals surface area contributed by atoms with Crippen LogP contribution in [-0.4, -0.2) is 62.6 Å². The fourth-order valence-electron chi connectivity index (χ4n) is 5.35. The first kappa shape index (κ1) is 32.3. The number of benzene rings is 2. The summed E-state index contributed by atoms with van der Waals surface area (Å²) in [5.74, 6) is 0.796. The van der Waals surface area contributed by atoms with E-state index in [-0.39, 0.29) is 29.3 Å². The molecule has 2 fully saturated rings. The number of H-pyrrole nitrogens is 2. The van der Waals surface area contributed by atoms with Gasteiger partial charge >= 0.3 is 5.69 Å². The van der Waals surface area contributed by atoms with Crippen molar-refractivity contribution in [2.75, 3.05) is 16.0 Å². The summed E-state index contributed by atoms with van der Waals surface area (Å²) in [6.45, 7) is 0. The van der Waals surface area contributed by atoms with Gasteiger partial charge in [0.05, 0.1) is 24.0 Å². The molecule has 5 heterocycles. The number of hydrogen-bond donors (Lipinski definition) is 6. The predicted molar refractivity (Wildman–Crippen MR) is 188 cm³/mol. The Balaban J connectivity index is 0.000000153. The fourth-order valence-corrected chi connectivity index (χ4v) is 5.35. The highest BCUT2D eigenvalue weighted by molar-refractivity contribution is 5.85. The van der Waals surface area contributed by atoms with Crippen molar-refractivity contribution < 1.29 is 18.7 Å². The Kier molecular flexibility index (Phi) is 8.34. The molecule has 2 aliphatic rings. The van der Waals surface area contributed by atoms with Crippen LogP contribution in [-0.2, 0) is 0 Å². The van der Waals surface area contributed by atoms with Crippen LogP contribution < -0.4 is 32.3 Å². The number of rotatable bonds is 9. The van der Waals surface area contributed by atoms with Crippen molar-refractivity contribution in [3.05, 3.63) is 117 Å². The molecule has 0 saturated heterocycles. The molecule has 2 aliphatic carbocycles. The second kappa shape index (κ2) is 13.4. The number of anilines is 5. The lowest BCUT2D eigenvalue weighted by atomic mass is 10.3. The van der Waals surface area contributed by atoms with E-state index in [1.165, 1.54) is 30.5 Å². The van der Waals surface area contributed by atoms with Gasteiger partial charge in [-0.25, -0.2) is 23.5 Å². The highest BCUT2D eigenvalue weighted by Crippen LogP contribution is 2.28. The zero-order valence-electron chi connectivity index (χ0n) is 27.2. The Labute approximate surface area is 291 Å². The van der Waals surface area contributed by atoms with Gasteiger partial charge < -0.3 is 26.0 Å². The fraction of sp³-hybridized carbons (Fsp3) is 0.171. The lowest BCUT2D eigenvalue weighted by Crippen LogP contribution is -2.19. The van der Waals surface area contributed by atoms with Crippen LogP contribution in [0.4, 0.5) is 37.6 Å². The van der Waals surface area contributed by atoms with E-state index in [1.807, 2.05) is 0 Å². The number of halogens is 2. The van der Waals surface area contributed by atoms with Crippen molar-refractivity contribution >= 4 is 52.5 Å². The first-order valence-electron chi connectivity index (χ1n) is 16.4. The molecule has 52 heavy (non-hydrogen) atoms. The molecule has 2 aromatic carbocycles. The molecule has 6 N–H and O–H groups in total. The number of carbonyl (C=O) groups excluding carboxylic acids is 1. The quantitative estimate of drug-likeness (QED) is 0.120. The van der Waals surface area contributed by atoms with Crippen molar-refractivity contribution in [1.29, 1.82) is 0 Å². The smallest absolute Gasteiger partial charge is 0.326 e. The second-order valence-electron chi connectivity index (χ2n) is 12.4. The number of carbonyl (C=O) groups is 1. The van der Waals surface area contributed by atoms with Crippen molar-refractivity contribution in [1.82, 2.24) is 39.2 Å². The third kappa shape index (κ3) is 7.18. The average Bonchev–Trinajstić information content (AvgIpc) is 4.00. The van der Waals surface area contributed by atoms with Gasteiger partial charge in [-0.3, -0.25) is 14.8 Å². The molecular formula is C35H30F2N12O3. The number of hydrogen-bond acceptors (Lipinski definition) is 11. The maximum atomic E-state index is 13.5. The summed E-state index contributed by atoms with van der Waals surface area (Å²) >= 11 is 0. The third-order valence-electron chi connectivity index (χ3n) is 8.13.